The maximum Gasteiger partial charge on any atom is 0.273 e. The van der Waals surface area contributed by atoms with Crippen molar-refractivity contribution in [1.82, 2.24) is 4.31 Å². The molecule has 1 rings (SSSR count). The van der Waals surface area contributed by atoms with E-state index in [2.05, 4.69) is 0 Å². The van der Waals surface area contributed by atoms with E-state index in [9.17, 15) is 18.5 Å². The van der Waals surface area contributed by atoms with Gasteiger partial charge in [-0.25, -0.2) is 8.42 Å². The number of rotatable bonds is 5. The Morgan fingerprint density at radius 3 is 2.58 bits per heavy atom. The zero-order valence-electron chi connectivity index (χ0n) is 10.5. The van der Waals surface area contributed by atoms with Gasteiger partial charge >= 0.3 is 0 Å². The van der Waals surface area contributed by atoms with Crippen LogP contribution in [0.25, 0.3) is 0 Å². The summed E-state index contributed by atoms with van der Waals surface area (Å²) in [6, 6.07) is 5.46. The fourth-order valence-electron chi connectivity index (χ4n) is 1.54. The lowest BCUT2D eigenvalue weighted by molar-refractivity contribution is -0.385. The quantitative estimate of drug-likeness (QED) is 0.462. The molecule has 0 saturated heterocycles. The molecule has 7 nitrogen and oxygen atoms in total. The molecule has 0 heterocycles. The Morgan fingerprint density at radius 1 is 1.47 bits per heavy atom. The molecule has 0 fully saturated rings. The molecule has 19 heavy (non-hydrogen) atoms. The van der Waals surface area contributed by atoms with Gasteiger partial charge in [0, 0.05) is 18.2 Å². The smallest absolute Gasteiger partial charge is 0.258 e. The van der Waals surface area contributed by atoms with Crippen LogP contribution in [-0.4, -0.2) is 30.7 Å². The SMILES string of the molecule is CCN(CC#N)S(=O)(=O)c1ccc(C)c([N+](=O)[O-])c1. The Hall–Kier alpha value is -1.98. The molecule has 0 spiro atoms. The summed E-state index contributed by atoms with van der Waals surface area (Å²) in [7, 11) is -3.88. The van der Waals surface area contributed by atoms with Gasteiger partial charge in [-0.15, -0.1) is 0 Å². The first-order chi connectivity index (χ1) is 8.84. The van der Waals surface area contributed by atoms with Crippen molar-refractivity contribution in [3.63, 3.8) is 0 Å². The molecule has 0 aromatic heterocycles. The van der Waals surface area contributed by atoms with Crippen molar-refractivity contribution in [3.05, 3.63) is 33.9 Å². The molecule has 0 aliphatic carbocycles. The predicted molar refractivity (Wildman–Crippen MR) is 67.9 cm³/mol. The van der Waals surface area contributed by atoms with Crippen molar-refractivity contribution in [2.24, 2.45) is 0 Å². The van der Waals surface area contributed by atoms with E-state index < -0.39 is 14.9 Å². The topological polar surface area (TPSA) is 104 Å². The number of nitrogens with zero attached hydrogens (tertiary/aromatic N) is 3. The Kier molecular flexibility index (Phi) is 4.58. The number of aryl methyl sites for hydroxylation is 1. The minimum Gasteiger partial charge on any atom is -0.258 e. The van der Waals surface area contributed by atoms with Crippen molar-refractivity contribution < 1.29 is 13.3 Å². The first-order valence-corrected chi connectivity index (χ1v) is 6.90. The number of nitro benzene ring substituents is 1. The van der Waals surface area contributed by atoms with Gasteiger partial charge in [0.2, 0.25) is 10.0 Å². The maximum atomic E-state index is 12.2. The minimum absolute atomic E-state index is 0.123. The third-order valence-electron chi connectivity index (χ3n) is 2.61. The molecule has 0 aliphatic rings. The van der Waals surface area contributed by atoms with Crippen molar-refractivity contribution in [3.8, 4) is 6.07 Å². The molecule has 1 aromatic rings. The van der Waals surface area contributed by atoms with Gasteiger partial charge in [-0.3, -0.25) is 10.1 Å². The van der Waals surface area contributed by atoms with Crippen molar-refractivity contribution >= 4 is 15.7 Å². The van der Waals surface area contributed by atoms with Crippen molar-refractivity contribution in [2.45, 2.75) is 18.7 Å². The number of nitriles is 1. The van der Waals surface area contributed by atoms with Gasteiger partial charge in [0.05, 0.1) is 15.9 Å². The first-order valence-electron chi connectivity index (χ1n) is 5.46. The van der Waals surface area contributed by atoms with Crippen LogP contribution in [0.4, 0.5) is 5.69 Å². The third-order valence-corrected chi connectivity index (χ3v) is 4.53. The Bertz CT molecular complexity index is 634. The second-order valence-electron chi connectivity index (χ2n) is 3.79. The molecule has 1 aromatic carbocycles. The molecule has 0 N–H and O–H groups in total. The Morgan fingerprint density at radius 2 is 2.11 bits per heavy atom. The molecule has 0 radical (unpaired) electrons. The summed E-state index contributed by atoms with van der Waals surface area (Å²) in [5.74, 6) is 0. The Balaban J connectivity index is 3.34. The molecule has 8 heteroatoms. The van der Waals surface area contributed by atoms with E-state index in [-0.39, 0.29) is 23.7 Å². The van der Waals surface area contributed by atoms with Crippen LogP contribution in [0.2, 0.25) is 0 Å². The van der Waals surface area contributed by atoms with E-state index in [0.717, 1.165) is 10.4 Å². The van der Waals surface area contributed by atoms with Crippen LogP contribution in [0, 0.1) is 28.4 Å². The van der Waals surface area contributed by atoms with Crippen LogP contribution < -0.4 is 0 Å². The molecule has 0 bridgehead atoms. The van der Waals surface area contributed by atoms with Gasteiger partial charge in [-0.05, 0) is 13.0 Å². The van der Waals surface area contributed by atoms with Crippen LogP contribution in [0.3, 0.4) is 0 Å². The van der Waals surface area contributed by atoms with Crippen LogP contribution in [0.5, 0.6) is 0 Å². The van der Waals surface area contributed by atoms with E-state index in [4.69, 9.17) is 5.26 Å². The zero-order chi connectivity index (χ0) is 14.6. The number of nitro groups is 1. The second-order valence-corrected chi connectivity index (χ2v) is 5.73. The lowest BCUT2D eigenvalue weighted by atomic mass is 10.2. The molecule has 102 valence electrons. The fraction of sp³-hybridized carbons (Fsp3) is 0.364. The molecule has 0 amide bonds. The van der Waals surface area contributed by atoms with Gasteiger partial charge < -0.3 is 0 Å². The first kappa shape index (κ1) is 15.1. The van der Waals surface area contributed by atoms with Gasteiger partial charge in [-0.2, -0.15) is 9.57 Å². The Labute approximate surface area is 111 Å². The van der Waals surface area contributed by atoms with E-state index in [1.165, 1.54) is 19.1 Å². The average molecular weight is 283 g/mol. The zero-order valence-corrected chi connectivity index (χ0v) is 11.3. The number of hydrogen-bond donors (Lipinski definition) is 0. The highest BCUT2D eigenvalue weighted by molar-refractivity contribution is 7.89. The molecule has 0 aliphatic heterocycles. The lowest BCUT2D eigenvalue weighted by Gasteiger charge is -2.17. The maximum absolute atomic E-state index is 12.2. The van der Waals surface area contributed by atoms with Crippen LogP contribution in [-0.2, 0) is 10.0 Å². The number of hydrogen-bond acceptors (Lipinski definition) is 5. The van der Waals surface area contributed by atoms with E-state index >= 15 is 0 Å². The van der Waals surface area contributed by atoms with Gasteiger partial charge in [0.1, 0.15) is 6.54 Å². The highest BCUT2D eigenvalue weighted by Gasteiger charge is 2.25. The minimum atomic E-state index is -3.88. The van der Waals surface area contributed by atoms with E-state index in [1.807, 2.05) is 0 Å². The summed E-state index contributed by atoms with van der Waals surface area (Å²) in [6.45, 7) is 2.96. The van der Waals surface area contributed by atoms with Crippen LogP contribution >= 0.6 is 0 Å². The molecule has 0 atom stereocenters. The summed E-state index contributed by atoms with van der Waals surface area (Å²) < 4.78 is 25.3. The number of benzene rings is 1. The summed E-state index contributed by atoms with van der Waals surface area (Å²) in [5, 5.41) is 19.4. The molecule has 0 saturated carbocycles. The summed E-state index contributed by atoms with van der Waals surface area (Å²) in [6.07, 6.45) is 0. The standard InChI is InChI=1S/C11H13N3O4S/c1-3-13(7-6-12)19(17,18)10-5-4-9(2)11(8-10)14(15)16/h4-5,8H,3,7H2,1-2H3. The summed E-state index contributed by atoms with van der Waals surface area (Å²) >= 11 is 0. The fourth-order valence-corrected chi connectivity index (χ4v) is 2.91. The monoisotopic (exact) mass is 283 g/mol. The predicted octanol–water partition coefficient (Wildman–Crippen LogP) is 1.44. The summed E-state index contributed by atoms with van der Waals surface area (Å²) in [4.78, 5) is 10.0. The van der Waals surface area contributed by atoms with Gasteiger partial charge in [0.25, 0.3) is 5.69 Å². The van der Waals surface area contributed by atoms with E-state index in [0.29, 0.717) is 5.56 Å². The third kappa shape index (κ3) is 3.07. The highest BCUT2D eigenvalue weighted by Crippen LogP contribution is 2.24. The normalized spacial score (nSPS) is 11.3. The number of sulfonamides is 1. The van der Waals surface area contributed by atoms with Crippen LogP contribution in [0.15, 0.2) is 23.1 Å². The van der Waals surface area contributed by atoms with Gasteiger partial charge in [0.15, 0.2) is 0 Å². The highest BCUT2D eigenvalue weighted by atomic mass is 32.2. The molecule has 0 unspecified atom stereocenters. The molecular formula is C11H13N3O4S. The molecular weight excluding hydrogens is 270 g/mol. The summed E-state index contributed by atoms with van der Waals surface area (Å²) in [5.41, 5.74) is 0.126. The van der Waals surface area contributed by atoms with Crippen LogP contribution in [0.1, 0.15) is 12.5 Å². The van der Waals surface area contributed by atoms with Crippen molar-refractivity contribution in [2.75, 3.05) is 13.1 Å². The van der Waals surface area contributed by atoms with Gasteiger partial charge in [-0.1, -0.05) is 13.0 Å². The van der Waals surface area contributed by atoms with E-state index in [1.54, 1.807) is 13.0 Å². The average Bonchev–Trinajstić information content (AvgIpc) is 2.35. The van der Waals surface area contributed by atoms with Crippen molar-refractivity contribution in [1.29, 1.82) is 5.26 Å². The second kappa shape index (κ2) is 5.77. The largest absolute Gasteiger partial charge is 0.273 e. The lowest BCUT2D eigenvalue weighted by Crippen LogP contribution is -2.31.